The third-order valence-corrected chi connectivity index (χ3v) is 3.28. The van der Waals surface area contributed by atoms with Gasteiger partial charge in [0, 0.05) is 5.02 Å². The fourth-order valence-electron chi connectivity index (χ4n) is 1.88. The Bertz CT molecular complexity index is 596. The van der Waals surface area contributed by atoms with Gasteiger partial charge in [0.05, 0.1) is 20.1 Å². The number of nitrogens with one attached hydrogen (secondary N) is 1. The molecule has 0 bridgehead atoms. The highest BCUT2D eigenvalue weighted by Crippen LogP contribution is 2.16. The lowest BCUT2D eigenvalue weighted by molar-refractivity contribution is -0.120. The number of methoxy groups -OCH3 is 1. The summed E-state index contributed by atoms with van der Waals surface area (Å²) in [4.78, 5) is 11.8. The minimum atomic E-state index is -0.0411. The molecular formula is C17H18ClNO3. The summed E-state index contributed by atoms with van der Waals surface area (Å²) in [5.74, 6) is 1.48. The molecule has 0 heterocycles. The summed E-state index contributed by atoms with van der Waals surface area (Å²) in [6.45, 7) is 0.872. The van der Waals surface area contributed by atoms with Crippen LogP contribution in [0.2, 0.25) is 5.02 Å². The normalized spacial score (nSPS) is 10.1. The Morgan fingerprint density at radius 1 is 1.05 bits per heavy atom. The Morgan fingerprint density at radius 3 is 2.32 bits per heavy atom. The summed E-state index contributed by atoms with van der Waals surface area (Å²) < 4.78 is 10.6. The fourth-order valence-corrected chi connectivity index (χ4v) is 2.01. The van der Waals surface area contributed by atoms with Crippen molar-refractivity contribution in [3.63, 3.8) is 0 Å². The first-order valence-electron chi connectivity index (χ1n) is 6.95. The van der Waals surface area contributed by atoms with Gasteiger partial charge in [0.1, 0.15) is 18.1 Å². The molecular weight excluding hydrogens is 302 g/mol. The van der Waals surface area contributed by atoms with Gasteiger partial charge in [-0.2, -0.15) is 0 Å². The van der Waals surface area contributed by atoms with E-state index in [1.807, 2.05) is 36.4 Å². The second kappa shape index (κ2) is 8.29. The van der Waals surface area contributed by atoms with Crippen LogP contribution in [0, 0.1) is 0 Å². The summed E-state index contributed by atoms with van der Waals surface area (Å²) in [6.07, 6.45) is 0.333. The molecule has 4 nitrogen and oxygen atoms in total. The Labute approximate surface area is 135 Å². The number of rotatable bonds is 7. The van der Waals surface area contributed by atoms with Crippen molar-refractivity contribution in [2.75, 3.05) is 20.3 Å². The topological polar surface area (TPSA) is 47.6 Å². The SMILES string of the molecule is COc1ccc(OCCNC(=O)Cc2ccc(Cl)cc2)cc1. The van der Waals surface area contributed by atoms with E-state index in [1.165, 1.54) is 0 Å². The average Bonchev–Trinajstić information content (AvgIpc) is 2.54. The number of amides is 1. The second-order valence-corrected chi connectivity index (χ2v) is 5.11. The highest BCUT2D eigenvalue weighted by atomic mass is 35.5. The zero-order valence-electron chi connectivity index (χ0n) is 12.3. The Kier molecular flexibility index (Phi) is 6.10. The molecule has 0 aromatic heterocycles. The van der Waals surface area contributed by atoms with Crippen LogP contribution in [0.15, 0.2) is 48.5 Å². The van der Waals surface area contributed by atoms with Gasteiger partial charge < -0.3 is 14.8 Å². The predicted octanol–water partition coefficient (Wildman–Crippen LogP) is 3.09. The molecule has 0 unspecified atom stereocenters. The molecule has 0 spiro atoms. The Morgan fingerprint density at radius 2 is 1.68 bits per heavy atom. The quantitative estimate of drug-likeness (QED) is 0.798. The third kappa shape index (κ3) is 5.30. The molecule has 1 amide bonds. The van der Waals surface area contributed by atoms with Crippen LogP contribution in [0.3, 0.4) is 0 Å². The third-order valence-electron chi connectivity index (χ3n) is 3.03. The van der Waals surface area contributed by atoms with Crippen molar-refractivity contribution < 1.29 is 14.3 Å². The zero-order valence-corrected chi connectivity index (χ0v) is 13.1. The lowest BCUT2D eigenvalue weighted by atomic mass is 10.1. The van der Waals surface area contributed by atoms with Crippen molar-refractivity contribution in [1.29, 1.82) is 0 Å². The largest absolute Gasteiger partial charge is 0.497 e. The zero-order chi connectivity index (χ0) is 15.8. The highest BCUT2D eigenvalue weighted by molar-refractivity contribution is 6.30. The molecule has 22 heavy (non-hydrogen) atoms. The number of ether oxygens (including phenoxy) is 2. The van der Waals surface area contributed by atoms with Gasteiger partial charge in [-0.3, -0.25) is 4.79 Å². The van der Waals surface area contributed by atoms with E-state index < -0.39 is 0 Å². The van der Waals surface area contributed by atoms with Crippen molar-refractivity contribution in [1.82, 2.24) is 5.32 Å². The smallest absolute Gasteiger partial charge is 0.224 e. The molecule has 0 saturated carbocycles. The van der Waals surface area contributed by atoms with E-state index >= 15 is 0 Å². The summed E-state index contributed by atoms with van der Waals surface area (Å²) in [6, 6.07) is 14.5. The van der Waals surface area contributed by atoms with E-state index in [2.05, 4.69) is 5.32 Å². The molecule has 0 saturated heterocycles. The number of hydrogen-bond donors (Lipinski definition) is 1. The van der Waals surface area contributed by atoms with Crippen LogP contribution in [0.25, 0.3) is 0 Å². The molecule has 5 heteroatoms. The molecule has 0 aliphatic heterocycles. The van der Waals surface area contributed by atoms with E-state index in [-0.39, 0.29) is 5.91 Å². The standard InChI is InChI=1S/C17H18ClNO3/c1-21-15-6-8-16(9-7-15)22-11-10-19-17(20)12-13-2-4-14(18)5-3-13/h2-9H,10-12H2,1H3,(H,19,20). The minimum absolute atomic E-state index is 0.0411. The maximum Gasteiger partial charge on any atom is 0.224 e. The lowest BCUT2D eigenvalue weighted by Crippen LogP contribution is -2.29. The number of benzene rings is 2. The molecule has 1 N–H and O–H groups in total. The van der Waals surface area contributed by atoms with Crippen molar-refractivity contribution >= 4 is 17.5 Å². The van der Waals surface area contributed by atoms with E-state index in [1.54, 1.807) is 19.2 Å². The number of carbonyl (C=O) groups is 1. The van der Waals surface area contributed by atoms with Crippen LogP contribution >= 0.6 is 11.6 Å². The molecule has 0 atom stereocenters. The van der Waals surface area contributed by atoms with E-state index in [0.717, 1.165) is 17.1 Å². The van der Waals surface area contributed by atoms with Crippen LogP contribution in [-0.4, -0.2) is 26.2 Å². The molecule has 2 aromatic rings. The van der Waals surface area contributed by atoms with Gasteiger partial charge in [0.15, 0.2) is 0 Å². The van der Waals surface area contributed by atoms with Crippen LogP contribution in [-0.2, 0) is 11.2 Å². The number of carbonyl (C=O) groups excluding carboxylic acids is 1. The number of hydrogen-bond acceptors (Lipinski definition) is 3. The fraction of sp³-hybridized carbons (Fsp3) is 0.235. The molecule has 0 aliphatic rings. The summed E-state index contributed by atoms with van der Waals surface area (Å²) in [7, 11) is 1.62. The lowest BCUT2D eigenvalue weighted by Gasteiger charge is -2.08. The van der Waals surface area contributed by atoms with E-state index in [0.29, 0.717) is 24.6 Å². The summed E-state index contributed by atoms with van der Waals surface area (Å²) in [5.41, 5.74) is 0.929. The monoisotopic (exact) mass is 319 g/mol. The van der Waals surface area contributed by atoms with Crippen LogP contribution in [0.5, 0.6) is 11.5 Å². The molecule has 0 radical (unpaired) electrons. The van der Waals surface area contributed by atoms with Crippen molar-refractivity contribution in [3.8, 4) is 11.5 Å². The molecule has 2 rings (SSSR count). The summed E-state index contributed by atoms with van der Waals surface area (Å²) >= 11 is 5.80. The predicted molar refractivity (Wildman–Crippen MR) is 86.7 cm³/mol. The molecule has 0 fully saturated rings. The van der Waals surface area contributed by atoms with Gasteiger partial charge >= 0.3 is 0 Å². The Balaban J connectivity index is 1.67. The van der Waals surface area contributed by atoms with Gasteiger partial charge in [0.2, 0.25) is 5.91 Å². The van der Waals surface area contributed by atoms with Gasteiger partial charge in [-0.25, -0.2) is 0 Å². The molecule has 116 valence electrons. The van der Waals surface area contributed by atoms with Crippen molar-refractivity contribution in [3.05, 3.63) is 59.1 Å². The van der Waals surface area contributed by atoms with E-state index in [9.17, 15) is 4.79 Å². The van der Waals surface area contributed by atoms with Gasteiger partial charge in [-0.15, -0.1) is 0 Å². The first kappa shape index (κ1) is 16.2. The van der Waals surface area contributed by atoms with Gasteiger partial charge in [-0.1, -0.05) is 23.7 Å². The van der Waals surface area contributed by atoms with Gasteiger partial charge in [-0.05, 0) is 42.0 Å². The summed E-state index contributed by atoms with van der Waals surface area (Å²) in [5, 5.41) is 3.48. The van der Waals surface area contributed by atoms with E-state index in [4.69, 9.17) is 21.1 Å². The molecule has 0 aliphatic carbocycles. The first-order valence-corrected chi connectivity index (χ1v) is 7.33. The maximum atomic E-state index is 11.8. The Hall–Kier alpha value is -2.20. The maximum absolute atomic E-state index is 11.8. The molecule has 2 aromatic carbocycles. The average molecular weight is 320 g/mol. The highest BCUT2D eigenvalue weighted by Gasteiger charge is 2.03. The van der Waals surface area contributed by atoms with Crippen molar-refractivity contribution in [2.24, 2.45) is 0 Å². The number of halogens is 1. The first-order chi connectivity index (χ1) is 10.7. The van der Waals surface area contributed by atoms with Crippen LogP contribution < -0.4 is 14.8 Å². The van der Waals surface area contributed by atoms with Gasteiger partial charge in [0.25, 0.3) is 0 Å². The second-order valence-electron chi connectivity index (χ2n) is 4.68. The van der Waals surface area contributed by atoms with Crippen molar-refractivity contribution in [2.45, 2.75) is 6.42 Å². The van der Waals surface area contributed by atoms with Crippen LogP contribution in [0.1, 0.15) is 5.56 Å². The van der Waals surface area contributed by atoms with Crippen LogP contribution in [0.4, 0.5) is 0 Å². The minimum Gasteiger partial charge on any atom is -0.497 e.